The topological polar surface area (TPSA) is 38.7 Å². The lowest BCUT2D eigenvalue weighted by molar-refractivity contribution is -0.141. The molecule has 1 aliphatic rings. The maximum absolute atomic E-state index is 11.0. The second-order valence-electron chi connectivity index (χ2n) is 2.62. The molecule has 1 heterocycles. The van der Waals surface area contributed by atoms with E-state index in [1.54, 1.807) is 11.8 Å². The Morgan fingerprint density at radius 2 is 2.58 bits per heavy atom. The van der Waals surface area contributed by atoms with Crippen LogP contribution in [-0.2, 0) is 9.53 Å². The largest absolute Gasteiger partial charge is 0.467 e. The normalized spacial score (nSPS) is 22.2. The zero-order valence-corrected chi connectivity index (χ0v) is 8.19. The summed E-state index contributed by atoms with van der Waals surface area (Å²) in [5.41, 5.74) is 0. The van der Waals surface area contributed by atoms with E-state index >= 15 is 0 Å². The lowest BCUT2D eigenvalue weighted by atomic mass is 10.3. The number of thioether (sulfide) groups is 1. The van der Waals surface area contributed by atoms with Gasteiger partial charge in [-0.3, -0.25) is 4.99 Å². The van der Waals surface area contributed by atoms with Crippen LogP contribution in [0, 0.1) is 0 Å². The molecule has 1 aliphatic heterocycles. The van der Waals surface area contributed by atoms with Gasteiger partial charge in [0.1, 0.15) is 0 Å². The molecule has 0 fully saturated rings. The molecule has 0 bridgehead atoms. The molecule has 0 aliphatic carbocycles. The van der Waals surface area contributed by atoms with Crippen LogP contribution in [0.3, 0.4) is 0 Å². The Morgan fingerprint density at radius 1 is 1.83 bits per heavy atom. The average molecular weight is 187 g/mol. The molecule has 12 heavy (non-hydrogen) atoms. The van der Waals surface area contributed by atoms with Gasteiger partial charge in [-0.2, -0.15) is 0 Å². The second-order valence-corrected chi connectivity index (χ2v) is 3.72. The predicted octanol–water partition coefficient (Wildman–Crippen LogP) is 1.47. The number of nitrogens with zero attached hydrogens (tertiary/aromatic N) is 1. The van der Waals surface area contributed by atoms with E-state index in [1.165, 1.54) is 7.11 Å². The third kappa shape index (κ3) is 2.24. The Kier molecular flexibility index (Phi) is 3.59. The highest BCUT2D eigenvalue weighted by Gasteiger charge is 2.24. The smallest absolute Gasteiger partial charge is 0.331 e. The maximum Gasteiger partial charge on any atom is 0.331 e. The van der Waals surface area contributed by atoms with Gasteiger partial charge >= 0.3 is 5.97 Å². The molecule has 0 unspecified atom stereocenters. The molecule has 0 aromatic rings. The molecule has 4 heteroatoms. The number of rotatable bonds is 3. The lowest BCUT2D eigenvalue weighted by Gasteiger charge is -2.00. The first kappa shape index (κ1) is 9.58. The van der Waals surface area contributed by atoms with Gasteiger partial charge in [-0.15, -0.1) is 11.8 Å². The van der Waals surface area contributed by atoms with E-state index in [4.69, 9.17) is 0 Å². The molecule has 0 amide bonds. The third-order valence-electron chi connectivity index (χ3n) is 1.64. The van der Waals surface area contributed by atoms with Crippen LogP contribution in [0.25, 0.3) is 0 Å². The molecule has 0 aromatic carbocycles. The summed E-state index contributed by atoms with van der Waals surface area (Å²) in [6.45, 7) is 2.11. The molecular formula is C8H13NO2S. The van der Waals surface area contributed by atoms with Crippen molar-refractivity contribution in [1.82, 2.24) is 0 Å². The molecular weight excluding hydrogens is 174 g/mol. The number of methoxy groups -OCH3 is 1. The summed E-state index contributed by atoms with van der Waals surface area (Å²) in [6.07, 6.45) is 2.07. The van der Waals surface area contributed by atoms with Gasteiger partial charge in [0.2, 0.25) is 0 Å². The summed E-state index contributed by atoms with van der Waals surface area (Å²) in [5, 5.41) is 1.09. The number of ether oxygens (including phenoxy) is 1. The molecule has 1 atom stereocenters. The van der Waals surface area contributed by atoms with Gasteiger partial charge < -0.3 is 4.74 Å². The summed E-state index contributed by atoms with van der Waals surface area (Å²) in [7, 11) is 1.40. The van der Waals surface area contributed by atoms with Crippen molar-refractivity contribution in [2.75, 3.05) is 12.9 Å². The number of hydrogen-bond donors (Lipinski definition) is 0. The van der Waals surface area contributed by atoms with Gasteiger partial charge in [-0.25, -0.2) is 4.79 Å². The van der Waals surface area contributed by atoms with Crippen molar-refractivity contribution < 1.29 is 9.53 Å². The lowest BCUT2D eigenvalue weighted by Crippen LogP contribution is -2.19. The Bertz CT molecular complexity index is 203. The van der Waals surface area contributed by atoms with E-state index in [-0.39, 0.29) is 12.0 Å². The number of carbonyl (C=O) groups is 1. The Morgan fingerprint density at radius 3 is 3.17 bits per heavy atom. The summed E-state index contributed by atoms with van der Waals surface area (Å²) < 4.78 is 4.60. The third-order valence-corrected chi connectivity index (χ3v) is 2.77. The first-order chi connectivity index (χ1) is 5.77. The maximum atomic E-state index is 11.0. The van der Waals surface area contributed by atoms with Crippen molar-refractivity contribution in [3.8, 4) is 0 Å². The molecule has 0 aromatic heterocycles. The first-order valence-corrected chi connectivity index (χ1v) is 5.03. The minimum atomic E-state index is -0.249. The summed E-state index contributed by atoms with van der Waals surface area (Å²) in [4.78, 5) is 15.3. The van der Waals surface area contributed by atoms with Crippen LogP contribution in [-0.4, -0.2) is 29.9 Å². The molecule has 0 saturated carbocycles. The van der Waals surface area contributed by atoms with E-state index in [0.717, 1.165) is 23.6 Å². The Balaban J connectivity index is 2.46. The highest BCUT2D eigenvalue weighted by molar-refractivity contribution is 8.14. The number of aliphatic imine (C=N–C) groups is 1. The fraction of sp³-hybridized carbons (Fsp3) is 0.750. The van der Waals surface area contributed by atoms with Gasteiger partial charge in [0.25, 0.3) is 0 Å². The van der Waals surface area contributed by atoms with E-state index in [2.05, 4.69) is 16.7 Å². The fourth-order valence-corrected chi connectivity index (χ4v) is 2.14. The highest BCUT2D eigenvalue weighted by Crippen LogP contribution is 2.21. The second kappa shape index (κ2) is 4.50. The monoisotopic (exact) mass is 187 g/mol. The van der Waals surface area contributed by atoms with Crippen LogP contribution in [0.1, 0.15) is 19.8 Å². The minimum Gasteiger partial charge on any atom is -0.467 e. The van der Waals surface area contributed by atoms with Gasteiger partial charge in [-0.1, -0.05) is 13.3 Å². The molecule has 0 spiro atoms. The van der Waals surface area contributed by atoms with E-state index < -0.39 is 0 Å². The van der Waals surface area contributed by atoms with Gasteiger partial charge in [-0.05, 0) is 6.42 Å². The van der Waals surface area contributed by atoms with Crippen LogP contribution in [0.5, 0.6) is 0 Å². The van der Waals surface area contributed by atoms with Crippen LogP contribution in [0.4, 0.5) is 0 Å². The quantitative estimate of drug-likeness (QED) is 0.628. The molecule has 0 radical (unpaired) electrons. The number of hydrogen-bond acceptors (Lipinski definition) is 4. The van der Waals surface area contributed by atoms with Gasteiger partial charge in [0, 0.05) is 5.75 Å². The van der Waals surface area contributed by atoms with E-state index in [1.807, 2.05) is 0 Å². The molecule has 3 nitrogen and oxygen atoms in total. The van der Waals surface area contributed by atoms with Gasteiger partial charge in [0.05, 0.1) is 12.2 Å². The zero-order chi connectivity index (χ0) is 8.97. The zero-order valence-electron chi connectivity index (χ0n) is 7.37. The van der Waals surface area contributed by atoms with Crippen LogP contribution < -0.4 is 0 Å². The van der Waals surface area contributed by atoms with Crippen molar-refractivity contribution in [2.24, 2.45) is 4.99 Å². The van der Waals surface area contributed by atoms with Crippen molar-refractivity contribution in [3.63, 3.8) is 0 Å². The van der Waals surface area contributed by atoms with Crippen molar-refractivity contribution in [1.29, 1.82) is 0 Å². The standard InChI is InChI=1S/C8H13NO2S/c1-3-4-7-9-6(5-12-7)8(10)11-2/h6H,3-5H2,1-2H3/t6-/m0/s1. The summed E-state index contributed by atoms with van der Waals surface area (Å²) in [5.74, 6) is 0.538. The Hall–Kier alpha value is -0.510. The van der Waals surface area contributed by atoms with Crippen LogP contribution in [0.2, 0.25) is 0 Å². The number of esters is 1. The minimum absolute atomic E-state index is 0.214. The van der Waals surface area contributed by atoms with Crippen molar-refractivity contribution >= 4 is 22.8 Å². The molecule has 1 rings (SSSR count). The summed E-state index contributed by atoms with van der Waals surface area (Å²) in [6, 6.07) is -0.249. The average Bonchev–Trinajstić information content (AvgIpc) is 2.52. The number of carbonyl (C=O) groups excluding carboxylic acids is 1. The predicted molar refractivity (Wildman–Crippen MR) is 50.6 cm³/mol. The van der Waals surface area contributed by atoms with Gasteiger partial charge in [0.15, 0.2) is 6.04 Å². The molecule has 68 valence electrons. The Labute approximate surface area is 76.6 Å². The SMILES string of the molecule is CCCC1=N[C@H](C(=O)OC)CS1. The fourth-order valence-electron chi connectivity index (χ4n) is 1.03. The molecule has 0 N–H and O–H groups in total. The highest BCUT2D eigenvalue weighted by atomic mass is 32.2. The van der Waals surface area contributed by atoms with Crippen LogP contribution >= 0.6 is 11.8 Å². The summed E-state index contributed by atoms with van der Waals surface area (Å²) >= 11 is 1.67. The van der Waals surface area contributed by atoms with Crippen molar-refractivity contribution in [3.05, 3.63) is 0 Å². The first-order valence-electron chi connectivity index (χ1n) is 4.05. The van der Waals surface area contributed by atoms with E-state index in [0.29, 0.717) is 0 Å². The molecule has 0 saturated heterocycles. The van der Waals surface area contributed by atoms with Crippen molar-refractivity contribution in [2.45, 2.75) is 25.8 Å². The van der Waals surface area contributed by atoms with E-state index in [9.17, 15) is 4.79 Å². The van der Waals surface area contributed by atoms with Crippen LogP contribution in [0.15, 0.2) is 4.99 Å².